The second-order valence-corrected chi connectivity index (χ2v) is 6.99. The molecule has 3 N–H and O–H groups in total. The minimum absolute atomic E-state index is 0.222. The first kappa shape index (κ1) is 18.1. The van der Waals surface area contributed by atoms with Crippen LogP contribution in [0.25, 0.3) is 0 Å². The molecule has 0 bridgehead atoms. The first-order valence-corrected chi connectivity index (χ1v) is 9.35. The predicted octanol–water partition coefficient (Wildman–Crippen LogP) is 2.70. The number of hydrogen-bond acceptors (Lipinski definition) is 3. The molecule has 4 nitrogen and oxygen atoms in total. The molecule has 6 heteroatoms. The zero-order chi connectivity index (χ0) is 16.7. The van der Waals surface area contributed by atoms with Crippen molar-refractivity contribution in [1.29, 1.82) is 0 Å². The lowest BCUT2D eigenvalue weighted by atomic mass is 9.95. The number of rotatable bonds is 5. The molecule has 0 saturated heterocycles. The molecule has 0 aromatic heterocycles. The zero-order valence-corrected chi connectivity index (χ0v) is 14.6. The van der Waals surface area contributed by atoms with E-state index in [0.29, 0.717) is 22.8 Å². The molecule has 128 valence electrons. The average Bonchev–Trinajstić information content (AvgIpc) is 2.58. The van der Waals surface area contributed by atoms with Crippen LogP contribution in [-0.4, -0.2) is 42.2 Å². The van der Waals surface area contributed by atoms with Crippen LogP contribution in [0.1, 0.15) is 37.4 Å². The Morgan fingerprint density at radius 3 is 2.91 bits per heavy atom. The lowest BCUT2D eigenvalue weighted by molar-refractivity contribution is 0.176. The zero-order valence-electron chi connectivity index (χ0n) is 13.8. The summed E-state index contributed by atoms with van der Waals surface area (Å²) in [5.41, 5.74) is 0.301. The van der Waals surface area contributed by atoms with Crippen molar-refractivity contribution in [1.82, 2.24) is 10.6 Å². The van der Waals surface area contributed by atoms with Crippen LogP contribution in [0.5, 0.6) is 0 Å². The van der Waals surface area contributed by atoms with Crippen molar-refractivity contribution in [2.45, 2.75) is 43.1 Å². The highest BCUT2D eigenvalue weighted by molar-refractivity contribution is 7.99. The fraction of sp³-hybridized carbons (Fsp3) is 0.588. The number of nitrogens with zero attached hydrogens (tertiary/aromatic N) is 1. The SMILES string of the molecule is CN=C(NCC(O)c1ccccc1F)NC1CCCC(SC)C1. The van der Waals surface area contributed by atoms with Crippen LogP contribution >= 0.6 is 11.8 Å². The Labute approximate surface area is 142 Å². The summed E-state index contributed by atoms with van der Waals surface area (Å²) < 4.78 is 13.7. The molecule has 0 aliphatic heterocycles. The monoisotopic (exact) mass is 339 g/mol. The molecule has 0 radical (unpaired) electrons. The lowest BCUT2D eigenvalue weighted by Crippen LogP contribution is -2.46. The van der Waals surface area contributed by atoms with Gasteiger partial charge in [-0.05, 0) is 31.6 Å². The summed E-state index contributed by atoms with van der Waals surface area (Å²) in [6.45, 7) is 0.222. The van der Waals surface area contributed by atoms with Crippen LogP contribution in [0, 0.1) is 5.82 Å². The largest absolute Gasteiger partial charge is 0.386 e. The van der Waals surface area contributed by atoms with Gasteiger partial charge in [0.1, 0.15) is 5.82 Å². The quantitative estimate of drug-likeness (QED) is 0.570. The average molecular weight is 339 g/mol. The number of halogens is 1. The topological polar surface area (TPSA) is 56.7 Å². The van der Waals surface area contributed by atoms with Crippen molar-refractivity contribution in [3.63, 3.8) is 0 Å². The van der Waals surface area contributed by atoms with E-state index in [1.807, 2.05) is 11.8 Å². The molecular formula is C17H26FN3OS. The molecule has 1 aliphatic carbocycles. The lowest BCUT2D eigenvalue weighted by Gasteiger charge is -2.30. The van der Waals surface area contributed by atoms with Crippen LogP contribution < -0.4 is 10.6 Å². The highest BCUT2D eigenvalue weighted by Gasteiger charge is 2.22. The van der Waals surface area contributed by atoms with Gasteiger partial charge in [0.25, 0.3) is 0 Å². The van der Waals surface area contributed by atoms with Crippen LogP contribution in [0.4, 0.5) is 4.39 Å². The summed E-state index contributed by atoms with van der Waals surface area (Å²) in [5, 5.41) is 17.3. The van der Waals surface area contributed by atoms with Gasteiger partial charge in [0.2, 0.25) is 0 Å². The van der Waals surface area contributed by atoms with E-state index in [0.717, 1.165) is 12.8 Å². The number of aliphatic hydroxyl groups is 1. The Morgan fingerprint density at radius 1 is 1.43 bits per heavy atom. The Morgan fingerprint density at radius 2 is 2.22 bits per heavy atom. The molecule has 3 unspecified atom stereocenters. The molecule has 23 heavy (non-hydrogen) atoms. The van der Waals surface area contributed by atoms with Crippen molar-refractivity contribution in [3.8, 4) is 0 Å². The van der Waals surface area contributed by atoms with Gasteiger partial charge >= 0.3 is 0 Å². The molecule has 1 aliphatic rings. The van der Waals surface area contributed by atoms with E-state index in [1.54, 1.807) is 25.2 Å². The van der Waals surface area contributed by atoms with Crippen LogP contribution in [0.2, 0.25) is 0 Å². The van der Waals surface area contributed by atoms with E-state index in [4.69, 9.17) is 0 Å². The highest BCUT2D eigenvalue weighted by Crippen LogP contribution is 2.26. The minimum Gasteiger partial charge on any atom is -0.386 e. The maximum atomic E-state index is 13.7. The van der Waals surface area contributed by atoms with Crippen molar-refractivity contribution in [3.05, 3.63) is 35.6 Å². The van der Waals surface area contributed by atoms with Crippen molar-refractivity contribution in [2.75, 3.05) is 19.8 Å². The Kier molecular flexibility index (Phi) is 7.17. The number of thioether (sulfide) groups is 1. The number of nitrogens with one attached hydrogen (secondary N) is 2. The van der Waals surface area contributed by atoms with Gasteiger partial charge < -0.3 is 15.7 Å². The highest BCUT2D eigenvalue weighted by atomic mass is 32.2. The van der Waals surface area contributed by atoms with Gasteiger partial charge in [-0.15, -0.1) is 0 Å². The summed E-state index contributed by atoms with van der Waals surface area (Å²) in [6.07, 6.45) is 6.01. The second kappa shape index (κ2) is 9.13. The third-order valence-electron chi connectivity index (χ3n) is 4.25. The van der Waals surface area contributed by atoms with E-state index in [-0.39, 0.29) is 12.4 Å². The molecule has 0 amide bonds. The maximum absolute atomic E-state index is 13.7. The van der Waals surface area contributed by atoms with E-state index < -0.39 is 6.10 Å². The van der Waals surface area contributed by atoms with Crippen LogP contribution in [-0.2, 0) is 0 Å². The third-order valence-corrected chi connectivity index (χ3v) is 5.35. The fourth-order valence-corrected chi connectivity index (χ4v) is 3.75. The Bertz CT molecular complexity index is 526. The molecule has 1 aromatic carbocycles. The molecule has 1 saturated carbocycles. The molecule has 0 spiro atoms. The first-order valence-electron chi connectivity index (χ1n) is 8.06. The predicted molar refractivity (Wildman–Crippen MR) is 95.4 cm³/mol. The molecule has 1 aromatic rings. The van der Waals surface area contributed by atoms with Gasteiger partial charge in [0.05, 0.1) is 6.10 Å². The van der Waals surface area contributed by atoms with Crippen LogP contribution in [0.3, 0.4) is 0 Å². The Balaban J connectivity index is 1.84. The van der Waals surface area contributed by atoms with Crippen molar-refractivity contribution < 1.29 is 9.50 Å². The number of aliphatic imine (C=N–C) groups is 1. The summed E-state index contributed by atoms with van der Waals surface area (Å²) in [4.78, 5) is 4.20. The maximum Gasteiger partial charge on any atom is 0.191 e. The summed E-state index contributed by atoms with van der Waals surface area (Å²) in [6, 6.07) is 6.69. The summed E-state index contributed by atoms with van der Waals surface area (Å²) in [5.74, 6) is 0.270. The van der Waals surface area contributed by atoms with Crippen molar-refractivity contribution in [2.24, 2.45) is 4.99 Å². The normalized spacial score (nSPS) is 23.4. The third kappa shape index (κ3) is 5.39. The molecule has 0 heterocycles. The van der Waals surface area contributed by atoms with E-state index in [2.05, 4.69) is 21.9 Å². The smallest absolute Gasteiger partial charge is 0.191 e. The molecule has 2 rings (SSSR count). The minimum atomic E-state index is -0.903. The first-order chi connectivity index (χ1) is 11.1. The van der Waals surface area contributed by atoms with E-state index in [9.17, 15) is 9.50 Å². The fourth-order valence-electron chi connectivity index (χ4n) is 2.93. The van der Waals surface area contributed by atoms with Gasteiger partial charge in [0, 0.05) is 30.4 Å². The second-order valence-electron chi connectivity index (χ2n) is 5.86. The van der Waals surface area contributed by atoms with Crippen molar-refractivity contribution >= 4 is 17.7 Å². The molecule has 3 atom stereocenters. The molecule has 1 fully saturated rings. The van der Waals surface area contributed by atoms with Gasteiger partial charge in [-0.2, -0.15) is 11.8 Å². The standard InChI is InChI=1S/C17H26FN3OS/c1-19-17(21-12-6-5-7-13(10-12)23-2)20-11-16(22)14-8-3-4-9-15(14)18/h3-4,8-9,12-13,16,22H,5-7,10-11H2,1-2H3,(H2,19,20,21). The van der Waals surface area contributed by atoms with E-state index in [1.165, 1.54) is 18.9 Å². The Hall–Kier alpha value is -1.27. The number of aliphatic hydroxyl groups excluding tert-OH is 1. The summed E-state index contributed by atoms with van der Waals surface area (Å²) in [7, 11) is 1.71. The number of guanidine groups is 1. The van der Waals surface area contributed by atoms with Gasteiger partial charge in [-0.25, -0.2) is 4.39 Å². The van der Waals surface area contributed by atoms with Crippen LogP contribution in [0.15, 0.2) is 29.3 Å². The van der Waals surface area contributed by atoms with E-state index >= 15 is 0 Å². The van der Waals surface area contributed by atoms with Gasteiger partial charge in [-0.1, -0.05) is 24.6 Å². The number of benzene rings is 1. The van der Waals surface area contributed by atoms with Gasteiger partial charge in [0.15, 0.2) is 5.96 Å². The van der Waals surface area contributed by atoms with Gasteiger partial charge in [-0.3, -0.25) is 4.99 Å². The molecular weight excluding hydrogens is 313 g/mol. The summed E-state index contributed by atoms with van der Waals surface area (Å²) >= 11 is 1.92. The number of hydrogen-bond donors (Lipinski definition) is 3.